The summed E-state index contributed by atoms with van der Waals surface area (Å²) in [7, 11) is 0. The second-order valence-electron chi connectivity index (χ2n) is 4.86. The van der Waals surface area contributed by atoms with E-state index < -0.39 is 5.97 Å². The third kappa shape index (κ3) is 4.04. The number of carbonyl (C=O) groups excluding carboxylic acids is 2. The van der Waals surface area contributed by atoms with E-state index in [9.17, 15) is 9.59 Å². The van der Waals surface area contributed by atoms with Crippen LogP contribution in [0.1, 0.15) is 27.2 Å². The average Bonchev–Trinajstić information content (AvgIpc) is 2.99. The van der Waals surface area contributed by atoms with Crippen LogP contribution >= 0.6 is 11.8 Å². The molecule has 1 atom stereocenters. The molecule has 1 aromatic heterocycles. The van der Waals surface area contributed by atoms with Crippen LogP contribution in [0.3, 0.4) is 0 Å². The summed E-state index contributed by atoms with van der Waals surface area (Å²) >= 11 is 1.42. The van der Waals surface area contributed by atoms with E-state index in [1.54, 1.807) is 13.3 Å². The highest BCUT2D eigenvalue weighted by Gasteiger charge is 2.31. The van der Waals surface area contributed by atoms with Crippen molar-refractivity contribution in [1.82, 2.24) is 25.4 Å². The van der Waals surface area contributed by atoms with E-state index in [1.807, 2.05) is 18.4 Å². The van der Waals surface area contributed by atoms with Gasteiger partial charge in [-0.25, -0.2) is 9.59 Å². The van der Waals surface area contributed by atoms with Gasteiger partial charge < -0.3 is 19.9 Å². The maximum absolute atomic E-state index is 12.3. The predicted molar refractivity (Wildman–Crippen MR) is 85.8 cm³/mol. The number of thioether (sulfide) groups is 1. The van der Waals surface area contributed by atoms with E-state index in [-0.39, 0.29) is 18.7 Å². The van der Waals surface area contributed by atoms with Gasteiger partial charge in [-0.2, -0.15) is 0 Å². The molecule has 2 N–H and O–H groups in total. The fraction of sp³-hybridized carbons (Fsp3) is 0.571. The largest absolute Gasteiger partial charge is 0.463 e. The lowest BCUT2D eigenvalue weighted by Gasteiger charge is -2.28. The number of nitrogens with zero attached hydrogens (tertiary/aromatic N) is 3. The van der Waals surface area contributed by atoms with E-state index in [0.29, 0.717) is 23.4 Å². The molecular weight excluding hydrogens is 318 g/mol. The molecule has 8 nitrogen and oxygen atoms in total. The number of urea groups is 1. The third-order valence-electron chi connectivity index (χ3n) is 3.41. The Kier molecular flexibility index (Phi) is 6.03. The summed E-state index contributed by atoms with van der Waals surface area (Å²) in [5, 5.41) is 14.1. The fourth-order valence-corrected chi connectivity index (χ4v) is 3.23. The molecule has 1 aromatic rings. The summed E-state index contributed by atoms with van der Waals surface area (Å²) < 4.78 is 7.03. The van der Waals surface area contributed by atoms with Crippen LogP contribution in [0.2, 0.25) is 0 Å². The molecular formula is C14H21N5O3S. The first-order valence-electron chi connectivity index (χ1n) is 7.58. The van der Waals surface area contributed by atoms with Crippen molar-refractivity contribution in [2.75, 3.05) is 12.4 Å². The Morgan fingerprint density at radius 1 is 1.43 bits per heavy atom. The van der Waals surface area contributed by atoms with Gasteiger partial charge in [0.1, 0.15) is 6.33 Å². The van der Waals surface area contributed by atoms with Crippen LogP contribution < -0.4 is 10.6 Å². The third-order valence-corrected chi connectivity index (χ3v) is 4.42. The Morgan fingerprint density at radius 2 is 2.22 bits per heavy atom. The van der Waals surface area contributed by atoms with Crippen LogP contribution in [0.4, 0.5) is 4.79 Å². The van der Waals surface area contributed by atoms with E-state index in [2.05, 4.69) is 20.8 Å². The summed E-state index contributed by atoms with van der Waals surface area (Å²) in [5.41, 5.74) is 1.04. The van der Waals surface area contributed by atoms with Crippen LogP contribution in [0.15, 0.2) is 22.8 Å². The van der Waals surface area contributed by atoms with Gasteiger partial charge in [0.2, 0.25) is 0 Å². The van der Waals surface area contributed by atoms with Gasteiger partial charge in [-0.1, -0.05) is 18.7 Å². The average molecular weight is 339 g/mol. The SMILES string of the molecule is CCOC(=O)C1=C(CSc2nncn2CC)NC(=O)N[C@@H]1CC. The molecule has 0 aliphatic carbocycles. The first kappa shape index (κ1) is 17.3. The molecule has 0 radical (unpaired) electrons. The fourth-order valence-electron chi connectivity index (χ4n) is 2.29. The van der Waals surface area contributed by atoms with Crippen LogP contribution in [0, 0.1) is 0 Å². The second kappa shape index (κ2) is 8.00. The first-order chi connectivity index (χ1) is 11.1. The minimum Gasteiger partial charge on any atom is -0.463 e. The van der Waals surface area contributed by atoms with Gasteiger partial charge in [0.05, 0.1) is 18.2 Å². The standard InChI is InChI=1S/C14H21N5O3S/c1-4-9-11(12(20)22-6-3)10(17-13(21)16-9)7-23-14-18-15-8-19(14)5-2/h8-9H,4-7H2,1-3H3,(H2,16,17,21)/t9-/m1/s1. The predicted octanol–water partition coefficient (Wildman–Crippen LogP) is 1.30. The summed E-state index contributed by atoms with van der Waals surface area (Å²) in [6.07, 6.45) is 2.26. The molecule has 0 unspecified atom stereocenters. The van der Waals surface area contributed by atoms with Crippen LogP contribution in [0.25, 0.3) is 0 Å². The van der Waals surface area contributed by atoms with Gasteiger partial charge in [0.15, 0.2) is 5.16 Å². The maximum atomic E-state index is 12.3. The minimum atomic E-state index is -0.403. The molecule has 2 heterocycles. The van der Waals surface area contributed by atoms with Crippen molar-refractivity contribution in [3.63, 3.8) is 0 Å². The normalized spacial score (nSPS) is 17.7. The van der Waals surface area contributed by atoms with E-state index in [0.717, 1.165) is 11.7 Å². The number of nitrogens with one attached hydrogen (secondary N) is 2. The number of hydrogen-bond acceptors (Lipinski definition) is 6. The molecule has 23 heavy (non-hydrogen) atoms. The van der Waals surface area contributed by atoms with Gasteiger partial charge in [0, 0.05) is 18.0 Å². The van der Waals surface area contributed by atoms with Gasteiger partial charge >= 0.3 is 12.0 Å². The minimum absolute atomic E-state index is 0.289. The number of ether oxygens (including phenoxy) is 1. The van der Waals surface area contributed by atoms with Gasteiger partial charge in [-0.3, -0.25) is 0 Å². The Balaban J connectivity index is 2.24. The van der Waals surface area contributed by atoms with Gasteiger partial charge in [-0.15, -0.1) is 10.2 Å². The molecule has 0 saturated heterocycles. The zero-order valence-electron chi connectivity index (χ0n) is 13.5. The van der Waals surface area contributed by atoms with Crippen molar-refractivity contribution in [3.8, 4) is 0 Å². The van der Waals surface area contributed by atoms with Gasteiger partial charge in [0.25, 0.3) is 0 Å². The Morgan fingerprint density at radius 3 is 2.87 bits per heavy atom. The highest BCUT2D eigenvalue weighted by Crippen LogP contribution is 2.23. The van der Waals surface area contributed by atoms with Crippen LogP contribution in [0.5, 0.6) is 0 Å². The number of hydrogen-bond donors (Lipinski definition) is 2. The molecule has 0 bridgehead atoms. The van der Waals surface area contributed by atoms with E-state index in [4.69, 9.17) is 4.74 Å². The molecule has 2 rings (SSSR count). The van der Waals surface area contributed by atoms with Crippen molar-refractivity contribution in [2.24, 2.45) is 0 Å². The van der Waals surface area contributed by atoms with Crippen molar-refractivity contribution >= 4 is 23.8 Å². The summed E-state index contributed by atoms with van der Waals surface area (Å²) in [6.45, 7) is 6.71. The molecule has 2 amide bonds. The molecule has 1 aliphatic rings. The molecule has 126 valence electrons. The van der Waals surface area contributed by atoms with Crippen molar-refractivity contribution in [1.29, 1.82) is 0 Å². The Labute approximate surface area is 139 Å². The number of rotatable bonds is 7. The van der Waals surface area contributed by atoms with Gasteiger partial charge in [-0.05, 0) is 20.3 Å². The summed E-state index contributed by atoms with van der Waals surface area (Å²) in [4.78, 5) is 24.1. The summed E-state index contributed by atoms with van der Waals surface area (Å²) in [5.74, 6) is 0.0101. The smallest absolute Gasteiger partial charge is 0.337 e. The van der Waals surface area contributed by atoms with Crippen LogP contribution in [-0.4, -0.2) is 45.2 Å². The van der Waals surface area contributed by atoms with E-state index >= 15 is 0 Å². The van der Waals surface area contributed by atoms with E-state index in [1.165, 1.54) is 11.8 Å². The maximum Gasteiger partial charge on any atom is 0.337 e. The van der Waals surface area contributed by atoms with Crippen LogP contribution in [-0.2, 0) is 16.1 Å². The molecule has 0 aromatic carbocycles. The van der Waals surface area contributed by atoms with Crippen molar-refractivity contribution in [3.05, 3.63) is 17.6 Å². The van der Waals surface area contributed by atoms with Crippen molar-refractivity contribution < 1.29 is 14.3 Å². The number of esters is 1. The highest BCUT2D eigenvalue weighted by molar-refractivity contribution is 7.99. The monoisotopic (exact) mass is 339 g/mol. The topological polar surface area (TPSA) is 98.1 Å². The molecule has 0 saturated carbocycles. The van der Waals surface area contributed by atoms with Crippen molar-refractivity contribution in [2.45, 2.75) is 44.9 Å². The lowest BCUT2D eigenvalue weighted by Crippen LogP contribution is -2.50. The highest BCUT2D eigenvalue weighted by atomic mass is 32.2. The lowest BCUT2D eigenvalue weighted by molar-refractivity contribution is -0.139. The quantitative estimate of drug-likeness (QED) is 0.574. The molecule has 9 heteroatoms. The number of aromatic nitrogens is 3. The molecule has 0 spiro atoms. The molecule has 1 aliphatic heterocycles. The zero-order chi connectivity index (χ0) is 16.8. The second-order valence-corrected chi connectivity index (χ2v) is 5.80. The number of amides is 2. The Bertz CT molecular complexity index is 613. The molecule has 0 fully saturated rings. The summed E-state index contributed by atoms with van der Waals surface area (Å²) in [6, 6.07) is -0.653. The first-order valence-corrected chi connectivity index (χ1v) is 8.57. The lowest BCUT2D eigenvalue weighted by atomic mass is 10.0. The number of carbonyl (C=O) groups is 2. The Hall–Kier alpha value is -2.03. The zero-order valence-corrected chi connectivity index (χ0v) is 14.3. The number of aryl methyl sites for hydroxylation is 1.